The molecule has 0 bridgehead atoms. The van der Waals surface area contributed by atoms with Gasteiger partial charge in [0.1, 0.15) is 11.5 Å². The number of hydrogen-bond acceptors (Lipinski definition) is 4. The molecule has 1 aliphatic carbocycles. The maximum Gasteiger partial charge on any atom is 0.233 e. The van der Waals surface area contributed by atoms with Gasteiger partial charge in [0.2, 0.25) is 23.1 Å². The molecule has 0 saturated heterocycles. The van der Waals surface area contributed by atoms with Gasteiger partial charge in [-0.3, -0.25) is 9.59 Å². The predicted octanol–water partition coefficient (Wildman–Crippen LogP) is 7.12. The number of rotatable bonds is 10. The van der Waals surface area contributed by atoms with E-state index in [9.17, 15) is 9.59 Å². The zero-order valence-electron chi connectivity index (χ0n) is 19.8. The molecule has 0 heterocycles. The van der Waals surface area contributed by atoms with Crippen LogP contribution in [0.15, 0.2) is 84.3 Å². The van der Waals surface area contributed by atoms with Crippen LogP contribution in [-0.2, 0) is 12.8 Å². The Bertz CT molecular complexity index is 1130. The van der Waals surface area contributed by atoms with Gasteiger partial charge in [-0.25, -0.2) is 0 Å². The van der Waals surface area contributed by atoms with Gasteiger partial charge in [0.05, 0.1) is 0 Å². The van der Waals surface area contributed by atoms with Gasteiger partial charge in [-0.2, -0.15) is 0 Å². The molecule has 4 nitrogen and oxygen atoms in total. The van der Waals surface area contributed by atoms with Gasteiger partial charge in [-0.15, -0.1) is 0 Å². The Balaban J connectivity index is 1.71. The predicted molar refractivity (Wildman–Crippen MR) is 133 cm³/mol. The number of fused-ring (bicyclic) bond motifs is 1. The van der Waals surface area contributed by atoms with Crippen molar-refractivity contribution in [3.63, 3.8) is 0 Å². The van der Waals surface area contributed by atoms with Crippen molar-refractivity contribution in [1.82, 2.24) is 0 Å². The number of allylic oxidation sites excluding steroid dienone is 2. The molecular formula is C30H30O4. The lowest BCUT2D eigenvalue weighted by molar-refractivity contribution is 0.0897. The van der Waals surface area contributed by atoms with Crippen molar-refractivity contribution >= 4 is 11.6 Å². The molecule has 4 rings (SSSR count). The van der Waals surface area contributed by atoms with Crippen LogP contribution >= 0.6 is 0 Å². The molecule has 0 N–H and O–H groups in total. The Hall–Kier alpha value is -3.66. The number of ketones is 2. The summed E-state index contributed by atoms with van der Waals surface area (Å²) in [4.78, 5) is 26.8. The van der Waals surface area contributed by atoms with E-state index in [2.05, 4.69) is 13.8 Å². The summed E-state index contributed by atoms with van der Waals surface area (Å²) in [5, 5.41) is 0. The third-order valence-corrected chi connectivity index (χ3v) is 5.91. The molecule has 0 unspecified atom stereocenters. The van der Waals surface area contributed by atoms with Gasteiger partial charge < -0.3 is 9.47 Å². The number of unbranched alkanes of at least 4 members (excludes halogenated alkanes) is 2. The van der Waals surface area contributed by atoms with Crippen molar-refractivity contribution in [2.45, 2.75) is 52.4 Å². The standard InChI is InChI=1S/C30H30O4/c1-3-5-11-21-13-9-15-23(19-21)33-29-27(31)25-17-7-8-18-26(25)28(32)30(29)34-24-16-10-14-22(20-24)12-6-4-2/h7-10,13-20H,3-6,11-12H2,1-2H3. The summed E-state index contributed by atoms with van der Waals surface area (Å²) in [6, 6.07) is 22.1. The molecule has 0 amide bonds. The lowest BCUT2D eigenvalue weighted by Crippen LogP contribution is -2.27. The SMILES string of the molecule is CCCCc1cccc(OC2=C(Oc3cccc(CCCC)c3)C(=O)c3ccccc3C2=O)c1. The Morgan fingerprint density at radius 1 is 0.588 bits per heavy atom. The summed E-state index contributed by atoms with van der Waals surface area (Å²) < 4.78 is 12.2. The maximum absolute atomic E-state index is 13.4. The summed E-state index contributed by atoms with van der Waals surface area (Å²) in [7, 11) is 0. The second kappa shape index (κ2) is 11.0. The number of hydrogen-bond donors (Lipinski definition) is 0. The fraction of sp³-hybridized carbons (Fsp3) is 0.267. The third-order valence-electron chi connectivity index (χ3n) is 5.91. The monoisotopic (exact) mass is 454 g/mol. The van der Waals surface area contributed by atoms with E-state index in [0.717, 1.165) is 49.7 Å². The fourth-order valence-electron chi connectivity index (χ4n) is 4.04. The van der Waals surface area contributed by atoms with Gasteiger partial charge in [0, 0.05) is 11.1 Å². The zero-order chi connectivity index (χ0) is 23.9. The second-order valence-electron chi connectivity index (χ2n) is 8.57. The summed E-state index contributed by atoms with van der Waals surface area (Å²) >= 11 is 0. The van der Waals surface area contributed by atoms with E-state index in [1.165, 1.54) is 0 Å². The first-order valence-corrected chi connectivity index (χ1v) is 12.1. The fourth-order valence-corrected chi connectivity index (χ4v) is 4.04. The number of benzene rings is 3. The molecule has 34 heavy (non-hydrogen) atoms. The molecule has 3 aromatic rings. The van der Waals surface area contributed by atoms with Crippen LogP contribution in [0.4, 0.5) is 0 Å². The normalized spacial score (nSPS) is 13.1. The minimum atomic E-state index is -0.355. The molecule has 0 spiro atoms. The number of carbonyl (C=O) groups is 2. The molecule has 0 aliphatic heterocycles. The Morgan fingerprint density at radius 2 is 1.03 bits per heavy atom. The molecule has 0 atom stereocenters. The number of Topliss-reactive ketones (excluding diaryl/α,β-unsaturated/α-hetero) is 2. The Kier molecular flexibility index (Phi) is 7.58. The Morgan fingerprint density at radius 3 is 1.44 bits per heavy atom. The van der Waals surface area contributed by atoms with E-state index >= 15 is 0 Å². The van der Waals surface area contributed by atoms with Crippen LogP contribution < -0.4 is 9.47 Å². The summed E-state index contributed by atoms with van der Waals surface area (Å²) in [6.07, 6.45) is 6.18. The largest absolute Gasteiger partial charge is 0.449 e. The van der Waals surface area contributed by atoms with Crippen LogP contribution in [0.1, 0.15) is 71.4 Å². The van der Waals surface area contributed by atoms with Gasteiger partial charge in [0.25, 0.3) is 0 Å². The lowest BCUT2D eigenvalue weighted by atomic mass is 9.92. The first kappa shape index (κ1) is 23.5. The van der Waals surface area contributed by atoms with Crippen molar-refractivity contribution in [3.8, 4) is 11.5 Å². The maximum atomic E-state index is 13.4. The number of aryl methyl sites for hydroxylation is 2. The lowest BCUT2D eigenvalue weighted by Gasteiger charge is -2.21. The van der Waals surface area contributed by atoms with E-state index in [4.69, 9.17) is 9.47 Å². The molecule has 0 radical (unpaired) electrons. The van der Waals surface area contributed by atoms with Crippen LogP contribution in [0.3, 0.4) is 0 Å². The number of carbonyl (C=O) groups excluding carboxylic acids is 2. The first-order valence-electron chi connectivity index (χ1n) is 12.1. The second-order valence-corrected chi connectivity index (χ2v) is 8.57. The average Bonchev–Trinajstić information content (AvgIpc) is 2.87. The van der Waals surface area contributed by atoms with E-state index < -0.39 is 0 Å². The van der Waals surface area contributed by atoms with Crippen LogP contribution in [0.25, 0.3) is 0 Å². The molecular weight excluding hydrogens is 424 g/mol. The van der Waals surface area contributed by atoms with Gasteiger partial charge in [-0.1, -0.05) is 75.2 Å². The molecule has 4 heteroatoms. The van der Waals surface area contributed by atoms with Crippen LogP contribution in [0.2, 0.25) is 0 Å². The first-order chi connectivity index (χ1) is 16.6. The third kappa shape index (κ3) is 5.28. The highest BCUT2D eigenvalue weighted by molar-refractivity contribution is 6.25. The smallest absolute Gasteiger partial charge is 0.233 e. The van der Waals surface area contributed by atoms with Gasteiger partial charge >= 0.3 is 0 Å². The molecule has 1 aliphatic rings. The van der Waals surface area contributed by atoms with Crippen LogP contribution in [0.5, 0.6) is 11.5 Å². The molecule has 174 valence electrons. The molecule has 0 saturated carbocycles. The molecule has 0 fully saturated rings. The highest BCUT2D eigenvalue weighted by Gasteiger charge is 2.36. The van der Waals surface area contributed by atoms with Crippen molar-refractivity contribution in [2.24, 2.45) is 0 Å². The summed E-state index contributed by atoms with van der Waals surface area (Å²) in [5.41, 5.74) is 2.91. The summed E-state index contributed by atoms with van der Waals surface area (Å²) in [5.74, 6) is 0.173. The van der Waals surface area contributed by atoms with Crippen molar-refractivity contribution in [2.75, 3.05) is 0 Å². The zero-order valence-corrected chi connectivity index (χ0v) is 19.8. The quantitative estimate of drug-likeness (QED) is 0.327. The highest BCUT2D eigenvalue weighted by atomic mass is 16.5. The van der Waals surface area contributed by atoms with Gasteiger partial charge in [0.15, 0.2) is 0 Å². The van der Waals surface area contributed by atoms with Crippen LogP contribution in [-0.4, -0.2) is 11.6 Å². The molecule has 0 aromatic heterocycles. The minimum absolute atomic E-state index is 0.0738. The van der Waals surface area contributed by atoms with E-state index in [1.54, 1.807) is 36.4 Å². The minimum Gasteiger partial charge on any atom is -0.449 e. The average molecular weight is 455 g/mol. The van der Waals surface area contributed by atoms with Crippen molar-refractivity contribution < 1.29 is 19.1 Å². The van der Waals surface area contributed by atoms with E-state index in [1.807, 2.05) is 36.4 Å². The summed E-state index contributed by atoms with van der Waals surface area (Å²) in [6.45, 7) is 4.30. The highest BCUT2D eigenvalue weighted by Crippen LogP contribution is 2.31. The molecule has 3 aromatic carbocycles. The van der Waals surface area contributed by atoms with Crippen molar-refractivity contribution in [1.29, 1.82) is 0 Å². The van der Waals surface area contributed by atoms with Crippen molar-refractivity contribution in [3.05, 3.63) is 107 Å². The van der Waals surface area contributed by atoms with E-state index in [0.29, 0.717) is 22.6 Å². The van der Waals surface area contributed by atoms with Crippen LogP contribution in [0, 0.1) is 0 Å². The Labute approximate surface area is 201 Å². The number of ether oxygens (including phenoxy) is 2. The van der Waals surface area contributed by atoms with Gasteiger partial charge in [-0.05, 0) is 61.1 Å². The topological polar surface area (TPSA) is 52.6 Å². The van der Waals surface area contributed by atoms with E-state index in [-0.39, 0.29) is 23.1 Å².